The van der Waals surface area contributed by atoms with Crippen LogP contribution in [0.1, 0.15) is 31.9 Å². The van der Waals surface area contributed by atoms with E-state index >= 15 is 0 Å². The molecule has 0 heterocycles. The van der Waals surface area contributed by atoms with Crippen molar-refractivity contribution < 1.29 is 9.84 Å². The van der Waals surface area contributed by atoms with Gasteiger partial charge < -0.3 is 9.84 Å². The van der Waals surface area contributed by atoms with Gasteiger partial charge in [-0.25, -0.2) is 0 Å². The fourth-order valence-electron chi connectivity index (χ4n) is 2.01. The highest BCUT2D eigenvalue weighted by Gasteiger charge is 2.13. The van der Waals surface area contributed by atoms with E-state index in [1.807, 2.05) is 24.3 Å². The van der Waals surface area contributed by atoms with Crippen LogP contribution >= 0.6 is 15.9 Å². The summed E-state index contributed by atoms with van der Waals surface area (Å²) >= 11 is 3.43. The van der Waals surface area contributed by atoms with Crippen LogP contribution in [0.3, 0.4) is 0 Å². The van der Waals surface area contributed by atoms with Gasteiger partial charge in [0.25, 0.3) is 0 Å². The van der Waals surface area contributed by atoms with Crippen molar-refractivity contribution in [2.75, 3.05) is 26.8 Å². The minimum absolute atomic E-state index is 0.415. The zero-order chi connectivity index (χ0) is 14.3. The summed E-state index contributed by atoms with van der Waals surface area (Å²) in [6.07, 6.45) is 0.319. The first-order valence-corrected chi connectivity index (χ1v) is 7.50. The molecule has 1 rings (SSSR count). The van der Waals surface area contributed by atoms with Crippen LogP contribution in [0.2, 0.25) is 0 Å². The minimum Gasteiger partial charge on any atom is -0.388 e. The Kier molecular flexibility index (Phi) is 7.61. The van der Waals surface area contributed by atoms with Crippen molar-refractivity contribution in [3.8, 4) is 0 Å². The molecule has 0 aliphatic rings. The van der Waals surface area contributed by atoms with E-state index in [4.69, 9.17) is 4.74 Å². The molecule has 1 aromatic rings. The summed E-state index contributed by atoms with van der Waals surface area (Å²) in [5, 5.41) is 10.2. The SMILES string of the molecule is COCCN(CCC(O)c1cccc(Br)c1)C(C)C. The summed E-state index contributed by atoms with van der Waals surface area (Å²) in [6, 6.07) is 8.32. The Bertz CT molecular complexity index is 371. The lowest BCUT2D eigenvalue weighted by Gasteiger charge is -2.27. The van der Waals surface area contributed by atoms with Crippen LogP contribution in [0.15, 0.2) is 28.7 Å². The molecule has 0 radical (unpaired) electrons. The molecule has 19 heavy (non-hydrogen) atoms. The first kappa shape index (κ1) is 16.6. The largest absolute Gasteiger partial charge is 0.388 e. The van der Waals surface area contributed by atoms with Gasteiger partial charge in [-0.05, 0) is 38.0 Å². The summed E-state index contributed by atoms with van der Waals surface area (Å²) in [6.45, 7) is 6.83. The van der Waals surface area contributed by atoms with Gasteiger partial charge in [0.2, 0.25) is 0 Å². The summed E-state index contributed by atoms with van der Waals surface area (Å²) < 4.78 is 6.12. The number of hydrogen-bond acceptors (Lipinski definition) is 3. The van der Waals surface area contributed by atoms with Gasteiger partial charge in [-0.1, -0.05) is 28.1 Å². The molecule has 0 amide bonds. The van der Waals surface area contributed by atoms with Crippen molar-refractivity contribution in [1.29, 1.82) is 0 Å². The van der Waals surface area contributed by atoms with Gasteiger partial charge in [-0.15, -0.1) is 0 Å². The molecule has 4 heteroatoms. The van der Waals surface area contributed by atoms with Crippen LogP contribution in [0.5, 0.6) is 0 Å². The number of halogens is 1. The monoisotopic (exact) mass is 329 g/mol. The van der Waals surface area contributed by atoms with Crippen LogP contribution in [0.4, 0.5) is 0 Å². The molecular formula is C15H24BrNO2. The molecule has 1 aromatic carbocycles. The van der Waals surface area contributed by atoms with Crippen molar-refractivity contribution >= 4 is 15.9 Å². The zero-order valence-corrected chi connectivity index (χ0v) is 13.6. The van der Waals surface area contributed by atoms with Gasteiger partial charge in [0.1, 0.15) is 0 Å². The third kappa shape index (κ3) is 6.04. The number of ether oxygens (including phenoxy) is 1. The van der Waals surface area contributed by atoms with Crippen LogP contribution < -0.4 is 0 Å². The highest BCUT2D eigenvalue weighted by atomic mass is 79.9. The summed E-state index contributed by atoms with van der Waals surface area (Å²) in [7, 11) is 1.72. The molecule has 0 bridgehead atoms. The number of methoxy groups -OCH3 is 1. The molecule has 0 aromatic heterocycles. The Hall–Kier alpha value is -0.420. The molecule has 0 spiro atoms. The van der Waals surface area contributed by atoms with Gasteiger partial charge in [-0.3, -0.25) is 4.90 Å². The van der Waals surface area contributed by atoms with Crippen molar-refractivity contribution in [3.63, 3.8) is 0 Å². The topological polar surface area (TPSA) is 32.7 Å². The summed E-state index contributed by atoms with van der Waals surface area (Å²) in [5.41, 5.74) is 0.963. The lowest BCUT2D eigenvalue weighted by Crippen LogP contribution is -2.35. The van der Waals surface area contributed by atoms with E-state index in [-0.39, 0.29) is 0 Å². The lowest BCUT2D eigenvalue weighted by molar-refractivity contribution is 0.102. The third-order valence-electron chi connectivity index (χ3n) is 3.24. The predicted molar refractivity (Wildman–Crippen MR) is 82.3 cm³/mol. The molecule has 0 saturated carbocycles. The van der Waals surface area contributed by atoms with E-state index in [9.17, 15) is 5.11 Å². The van der Waals surface area contributed by atoms with Crippen molar-refractivity contribution in [1.82, 2.24) is 4.90 Å². The third-order valence-corrected chi connectivity index (χ3v) is 3.73. The second-order valence-electron chi connectivity index (χ2n) is 4.98. The number of aliphatic hydroxyl groups excluding tert-OH is 1. The van der Waals surface area contributed by atoms with Crippen LogP contribution in [-0.4, -0.2) is 42.9 Å². The summed E-state index contributed by atoms with van der Waals surface area (Å²) in [5.74, 6) is 0. The second-order valence-corrected chi connectivity index (χ2v) is 5.90. The Labute approximate surface area is 124 Å². The molecule has 108 valence electrons. The molecule has 0 aliphatic heterocycles. The van der Waals surface area contributed by atoms with E-state index in [1.165, 1.54) is 0 Å². The molecule has 0 fully saturated rings. The van der Waals surface area contributed by atoms with Gasteiger partial charge >= 0.3 is 0 Å². The standard InChI is InChI=1S/C15H24BrNO2/c1-12(2)17(9-10-19-3)8-7-15(18)13-5-4-6-14(16)11-13/h4-6,11-12,15,18H,7-10H2,1-3H3. The molecule has 1 unspecified atom stereocenters. The lowest BCUT2D eigenvalue weighted by atomic mass is 10.1. The Morgan fingerprint density at radius 3 is 2.63 bits per heavy atom. The van der Waals surface area contributed by atoms with E-state index in [0.29, 0.717) is 6.04 Å². The molecule has 0 saturated heterocycles. The van der Waals surface area contributed by atoms with E-state index in [1.54, 1.807) is 7.11 Å². The van der Waals surface area contributed by atoms with Crippen LogP contribution in [0.25, 0.3) is 0 Å². The maximum Gasteiger partial charge on any atom is 0.0802 e. The average Bonchev–Trinajstić information content (AvgIpc) is 2.38. The average molecular weight is 330 g/mol. The van der Waals surface area contributed by atoms with Gasteiger partial charge in [0.15, 0.2) is 0 Å². The molecule has 3 nitrogen and oxygen atoms in total. The van der Waals surface area contributed by atoms with Crippen LogP contribution in [-0.2, 0) is 4.74 Å². The number of benzene rings is 1. The van der Waals surface area contributed by atoms with Gasteiger partial charge in [0, 0.05) is 30.7 Å². The van der Waals surface area contributed by atoms with E-state index in [0.717, 1.165) is 36.2 Å². The van der Waals surface area contributed by atoms with Crippen molar-refractivity contribution in [3.05, 3.63) is 34.3 Å². The Morgan fingerprint density at radius 2 is 2.05 bits per heavy atom. The number of aliphatic hydroxyl groups is 1. The first-order chi connectivity index (χ1) is 9.04. The quantitative estimate of drug-likeness (QED) is 0.794. The fourth-order valence-corrected chi connectivity index (χ4v) is 2.42. The highest BCUT2D eigenvalue weighted by Crippen LogP contribution is 2.21. The highest BCUT2D eigenvalue weighted by molar-refractivity contribution is 9.10. The van der Waals surface area contributed by atoms with E-state index in [2.05, 4.69) is 34.7 Å². The smallest absolute Gasteiger partial charge is 0.0802 e. The Balaban J connectivity index is 2.49. The van der Waals surface area contributed by atoms with E-state index < -0.39 is 6.10 Å². The Morgan fingerprint density at radius 1 is 1.32 bits per heavy atom. The molecule has 1 N–H and O–H groups in total. The zero-order valence-electron chi connectivity index (χ0n) is 12.0. The molecule has 1 atom stereocenters. The molecule has 0 aliphatic carbocycles. The number of rotatable bonds is 8. The fraction of sp³-hybridized carbons (Fsp3) is 0.600. The van der Waals surface area contributed by atoms with Gasteiger partial charge in [-0.2, -0.15) is 0 Å². The minimum atomic E-state index is -0.415. The first-order valence-electron chi connectivity index (χ1n) is 6.71. The number of hydrogen-bond donors (Lipinski definition) is 1. The maximum absolute atomic E-state index is 10.2. The van der Waals surface area contributed by atoms with Gasteiger partial charge in [0.05, 0.1) is 12.7 Å². The summed E-state index contributed by atoms with van der Waals surface area (Å²) in [4.78, 5) is 2.32. The van der Waals surface area contributed by atoms with Crippen LogP contribution in [0, 0.1) is 0 Å². The number of nitrogens with zero attached hydrogens (tertiary/aromatic N) is 1. The normalized spacial score (nSPS) is 13.2. The predicted octanol–water partition coefficient (Wildman–Crippen LogP) is 3.23. The molecular weight excluding hydrogens is 306 g/mol. The maximum atomic E-state index is 10.2. The second kappa shape index (κ2) is 8.69. The van der Waals surface area contributed by atoms with Crippen molar-refractivity contribution in [2.45, 2.75) is 32.4 Å². The van der Waals surface area contributed by atoms with Crippen molar-refractivity contribution in [2.24, 2.45) is 0 Å².